The molecule has 5 N–H and O–H groups in total. The van der Waals surface area contributed by atoms with Crippen LogP contribution in [-0.4, -0.2) is 115 Å². The zero-order chi connectivity index (χ0) is 43.5. The zero-order valence-corrected chi connectivity index (χ0v) is 35.0. The number of carbonyl (C=O) groups is 5. The number of halogens is 3. The van der Waals surface area contributed by atoms with E-state index in [-0.39, 0.29) is 23.1 Å². The van der Waals surface area contributed by atoms with Crippen molar-refractivity contribution in [2.24, 2.45) is 16.7 Å². The number of aliphatic hydroxyl groups excluding tert-OH is 2. The van der Waals surface area contributed by atoms with Crippen molar-refractivity contribution in [1.82, 2.24) is 5.32 Å². The third-order valence-electron chi connectivity index (χ3n) is 12.5. The van der Waals surface area contributed by atoms with Crippen LogP contribution in [0.2, 0.25) is 0 Å². The lowest BCUT2D eigenvalue weighted by Crippen LogP contribution is -2.81. The molecule has 2 aromatic rings. The minimum Gasteiger partial charge on any atom is -0.456 e. The smallest absolute Gasteiger partial charge is 0.456 e. The summed E-state index contributed by atoms with van der Waals surface area (Å²) in [6.07, 6.45) is -12.3. The molecule has 1 heterocycles. The first-order valence-electron chi connectivity index (χ1n) is 18.8. The Morgan fingerprint density at radius 3 is 2.14 bits per heavy atom. The highest BCUT2D eigenvalue weighted by molar-refractivity contribution is 6.67. The number of hydrogen-bond acceptors (Lipinski definition) is 14. The highest BCUT2D eigenvalue weighted by Gasteiger charge is 2.76. The first-order valence-corrected chi connectivity index (χ1v) is 20.0. The second-order valence-electron chi connectivity index (χ2n) is 16.3. The number of aliphatic hydroxyl groups is 4. The number of carbonyl (C=O) groups excluding carboxylic acids is 5. The van der Waals surface area contributed by atoms with E-state index in [1.807, 2.05) is 0 Å². The molecule has 18 heteroatoms. The van der Waals surface area contributed by atoms with Crippen molar-refractivity contribution in [2.75, 3.05) is 13.2 Å². The Labute approximate surface area is 354 Å². The van der Waals surface area contributed by atoms with Gasteiger partial charge < -0.3 is 49.4 Å². The Balaban J connectivity index is 1.42. The number of fused-ring (bicyclic) bond motifs is 5. The van der Waals surface area contributed by atoms with E-state index in [0.717, 1.165) is 6.92 Å². The molecule has 3 aliphatic carbocycles. The van der Waals surface area contributed by atoms with Gasteiger partial charge in [0.1, 0.15) is 30.0 Å². The van der Waals surface area contributed by atoms with E-state index in [9.17, 15) is 39.6 Å². The number of amides is 1. The molecular formula is C41H46Cl3NO14. The van der Waals surface area contributed by atoms with Gasteiger partial charge in [-0.2, -0.15) is 0 Å². The van der Waals surface area contributed by atoms with Crippen LogP contribution in [0.1, 0.15) is 69.4 Å². The number of hydrogen-bond donors (Lipinski definition) is 5. The van der Waals surface area contributed by atoms with E-state index >= 15 is 4.79 Å². The maximum atomic E-state index is 15.3. The molecule has 1 saturated heterocycles. The fourth-order valence-corrected chi connectivity index (χ4v) is 9.51. The van der Waals surface area contributed by atoms with Crippen LogP contribution in [0.3, 0.4) is 0 Å². The van der Waals surface area contributed by atoms with Crippen LogP contribution in [-0.2, 0) is 38.1 Å². The molecule has 0 radical (unpaired) electrons. The first kappa shape index (κ1) is 44.7. The summed E-state index contributed by atoms with van der Waals surface area (Å²) in [5.41, 5.74) is -7.49. The zero-order valence-electron chi connectivity index (χ0n) is 32.7. The van der Waals surface area contributed by atoms with Crippen molar-refractivity contribution in [3.63, 3.8) is 0 Å². The average molecular weight is 883 g/mol. The van der Waals surface area contributed by atoms with Crippen LogP contribution >= 0.6 is 34.8 Å². The standard InChI is InChI=1S/C41H46Cl3NO14/c1-20-24(58-35(51)29(47)28(22-12-8-6-9-13-22)45-34(50)23-14-10-7-11-15-23)17-40(54)33(49)31-38(5,32(48)30(57-21(2)46)27(20)37(40,3)4)25(16-26-39(31,53)18-55-26)59-36(52)56-19-41(42,43)44/h6-15,24-26,28-31,33,47,49,53-54H,16-19H2,1-5H3,(H,45,50)/t24-,25-,26+,28-,29+,30+,31-,33-,38+,39-,40+/m0/s1. The quantitative estimate of drug-likeness (QED) is 0.105. The lowest BCUT2D eigenvalue weighted by Gasteiger charge is -2.66. The predicted octanol–water partition coefficient (Wildman–Crippen LogP) is 3.83. The molecule has 2 bridgehead atoms. The first-order chi connectivity index (χ1) is 27.5. The van der Waals surface area contributed by atoms with E-state index in [0.29, 0.717) is 5.56 Å². The summed E-state index contributed by atoms with van der Waals surface area (Å²) in [6, 6.07) is 15.0. The molecular weight excluding hydrogens is 837 g/mol. The molecule has 320 valence electrons. The van der Waals surface area contributed by atoms with Gasteiger partial charge in [0.05, 0.1) is 30.3 Å². The number of esters is 2. The van der Waals surface area contributed by atoms with Crippen LogP contribution in [0.5, 0.6) is 0 Å². The molecule has 2 aromatic carbocycles. The monoisotopic (exact) mass is 881 g/mol. The molecule has 4 aliphatic rings. The molecule has 1 amide bonds. The average Bonchev–Trinajstić information content (AvgIpc) is 3.17. The molecule has 2 saturated carbocycles. The molecule has 1 aliphatic heterocycles. The third kappa shape index (κ3) is 7.96. The van der Waals surface area contributed by atoms with Gasteiger partial charge in [-0.05, 0) is 42.7 Å². The Morgan fingerprint density at radius 2 is 1.58 bits per heavy atom. The minimum absolute atomic E-state index is 0.0500. The van der Waals surface area contributed by atoms with Gasteiger partial charge in [-0.3, -0.25) is 14.4 Å². The van der Waals surface area contributed by atoms with Gasteiger partial charge in [0.2, 0.25) is 3.79 Å². The number of ketones is 1. The fourth-order valence-electron chi connectivity index (χ4n) is 9.35. The van der Waals surface area contributed by atoms with Crippen molar-refractivity contribution < 1.29 is 68.1 Å². The van der Waals surface area contributed by atoms with Gasteiger partial charge in [0.15, 0.2) is 18.0 Å². The SMILES string of the molecule is CC(=O)O[C@H]1C(=O)[C@]2(C)[C@@H](OC(=O)OCC(Cl)(Cl)Cl)C[C@H]3OC[C@@]3(O)[C@H]2[C@H](O)[C@]2(O)C[C@H](OC(=O)[C@H](O)[C@@H](NC(=O)c3ccccc3)c3ccccc3)C(C)=C1C2(C)C. The third-order valence-corrected chi connectivity index (χ3v) is 12.9. The largest absolute Gasteiger partial charge is 0.508 e. The summed E-state index contributed by atoms with van der Waals surface area (Å²) in [4.78, 5) is 68.5. The fraction of sp³-hybridized carbons (Fsp3) is 0.537. The molecule has 11 atom stereocenters. The van der Waals surface area contributed by atoms with Gasteiger partial charge in [0, 0.05) is 36.7 Å². The van der Waals surface area contributed by atoms with Crippen LogP contribution in [0.4, 0.5) is 4.79 Å². The van der Waals surface area contributed by atoms with Gasteiger partial charge in [-0.1, -0.05) is 97.2 Å². The van der Waals surface area contributed by atoms with E-state index in [4.69, 9.17) is 58.5 Å². The van der Waals surface area contributed by atoms with E-state index in [2.05, 4.69) is 5.32 Å². The highest BCUT2D eigenvalue weighted by Crippen LogP contribution is 2.63. The number of Topliss-reactive ketones (excluding diaryl/α,β-unsaturated/α-hetero) is 1. The molecule has 0 spiro atoms. The summed E-state index contributed by atoms with van der Waals surface area (Å²) >= 11 is 17.2. The predicted molar refractivity (Wildman–Crippen MR) is 209 cm³/mol. The molecule has 0 aromatic heterocycles. The lowest BCUT2D eigenvalue weighted by molar-refractivity contribution is -0.344. The molecule has 15 nitrogen and oxygen atoms in total. The Morgan fingerprint density at radius 1 is 0.966 bits per heavy atom. The summed E-state index contributed by atoms with van der Waals surface area (Å²) in [6.45, 7) is 5.71. The van der Waals surface area contributed by atoms with E-state index < -0.39 is 124 Å². The van der Waals surface area contributed by atoms with Crippen molar-refractivity contribution in [3.8, 4) is 0 Å². The minimum atomic E-state index is -2.41. The van der Waals surface area contributed by atoms with E-state index in [1.165, 1.54) is 27.7 Å². The number of ether oxygens (including phenoxy) is 5. The normalized spacial score (nSPS) is 33.3. The molecule has 6 rings (SSSR count). The van der Waals surface area contributed by atoms with Crippen molar-refractivity contribution in [1.29, 1.82) is 0 Å². The van der Waals surface area contributed by atoms with Crippen LogP contribution in [0, 0.1) is 16.7 Å². The topological polar surface area (TPSA) is 224 Å². The van der Waals surface area contributed by atoms with Crippen molar-refractivity contribution >= 4 is 64.6 Å². The van der Waals surface area contributed by atoms with E-state index in [1.54, 1.807) is 60.7 Å². The highest BCUT2D eigenvalue weighted by atomic mass is 35.6. The lowest BCUT2D eigenvalue weighted by atomic mass is 9.45. The molecule has 3 fully saturated rings. The van der Waals surface area contributed by atoms with Crippen molar-refractivity contribution in [2.45, 2.75) is 105 Å². The summed E-state index contributed by atoms with van der Waals surface area (Å²) in [5.74, 6) is -5.38. The van der Waals surface area contributed by atoms with Crippen LogP contribution in [0.15, 0.2) is 71.8 Å². The van der Waals surface area contributed by atoms with Gasteiger partial charge in [0.25, 0.3) is 5.91 Å². The van der Waals surface area contributed by atoms with Gasteiger partial charge >= 0.3 is 18.1 Å². The Kier molecular flexibility index (Phi) is 12.3. The molecule has 0 unspecified atom stereocenters. The number of rotatable bonds is 9. The maximum absolute atomic E-state index is 15.3. The Bertz CT molecular complexity index is 2010. The molecule has 59 heavy (non-hydrogen) atoms. The second-order valence-corrected chi connectivity index (χ2v) is 18.8. The Hall–Kier alpha value is -3.80. The summed E-state index contributed by atoms with van der Waals surface area (Å²) in [5, 5.41) is 52.1. The summed E-state index contributed by atoms with van der Waals surface area (Å²) in [7, 11) is 0. The summed E-state index contributed by atoms with van der Waals surface area (Å²) < 4.78 is 25.9. The second kappa shape index (κ2) is 16.2. The van der Waals surface area contributed by atoms with Gasteiger partial charge in [-0.25, -0.2) is 9.59 Å². The number of nitrogens with one attached hydrogen (secondary N) is 1. The van der Waals surface area contributed by atoms with Gasteiger partial charge in [-0.15, -0.1) is 0 Å². The maximum Gasteiger partial charge on any atom is 0.508 e. The van der Waals surface area contributed by atoms with Crippen LogP contribution in [0.25, 0.3) is 0 Å². The number of alkyl halides is 3. The van der Waals surface area contributed by atoms with Crippen molar-refractivity contribution in [3.05, 3.63) is 82.9 Å². The number of benzene rings is 2. The van der Waals surface area contributed by atoms with Crippen LogP contribution < -0.4 is 5.32 Å².